The molecule has 0 fully saturated rings. The van der Waals surface area contributed by atoms with Crippen molar-refractivity contribution in [3.63, 3.8) is 0 Å². The Morgan fingerprint density at radius 2 is 1.84 bits per heavy atom. The number of carbonyl (C=O) groups excluding carboxylic acids is 2. The molecule has 2 aromatic rings. The Balaban J connectivity index is 1.99. The second-order valence-electron chi connectivity index (χ2n) is 6.22. The van der Waals surface area contributed by atoms with Crippen LogP contribution in [-0.2, 0) is 15.8 Å². The van der Waals surface area contributed by atoms with Crippen molar-refractivity contribution in [2.45, 2.75) is 16.0 Å². The van der Waals surface area contributed by atoms with Gasteiger partial charge in [-0.1, -0.05) is 12.1 Å². The van der Waals surface area contributed by atoms with Crippen LogP contribution >= 0.6 is 23.5 Å². The molecule has 166 valence electrons. The lowest BCUT2D eigenvalue weighted by atomic mass is 10.2. The summed E-state index contributed by atoms with van der Waals surface area (Å²) < 4.78 is 38.3. The third-order valence-electron chi connectivity index (χ3n) is 4.02. The number of nitro groups is 1. The zero-order chi connectivity index (χ0) is 23.2. The molecule has 2 amide bonds. The largest absolute Gasteiger partial charge is 0.416 e. The molecular formula is C19H18F3N3O4S2. The predicted molar refractivity (Wildman–Crippen MR) is 113 cm³/mol. The summed E-state index contributed by atoms with van der Waals surface area (Å²) >= 11 is 2.18. The van der Waals surface area contributed by atoms with Crippen LogP contribution in [0.3, 0.4) is 0 Å². The maximum atomic E-state index is 12.8. The summed E-state index contributed by atoms with van der Waals surface area (Å²) in [6.07, 6.45) is -2.86. The quantitative estimate of drug-likeness (QED) is 0.344. The molecule has 0 atom stereocenters. The minimum Gasteiger partial charge on any atom is -0.336 e. The Hall–Kier alpha value is -2.73. The van der Waals surface area contributed by atoms with E-state index in [1.807, 2.05) is 18.4 Å². The topological polar surface area (TPSA) is 92.6 Å². The molecule has 7 nitrogen and oxygen atoms in total. The van der Waals surface area contributed by atoms with Gasteiger partial charge >= 0.3 is 6.18 Å². The first-order valence-electron chi connectivity index (χ1n) is 8.68. The fraction of sp³-hybridized carbons (Fsp3) is 0.263. The Morgan fingerprint density at radius 3 is 2.45 bits per heavy atom. The van der Waals surface area contributed by atoms with Crippen molar-refractivity contribution < 1.29 is 27.7 Å². The molecule has 0 aromatic heterocycles. The van der Waals surface area contributed by atoms with E-state index < -0.39 is 34.2 Å². The smallest absolute Gasteiger partial charge is 0.336 e. The SMILES string of the molecule is CSc1ccccc1NC(=O)CN(C)C(=O)CSc1ccc(C(F)(F)F)cc1[N+](=O)[O-]. The number of likely N-dealkylation sites (N-methyl/N-ethyl adjacent to an activating group) is 1. The van der Waals surface area contributed by atoms with E-state index in [9.17, 15) is 32.9 Å². The van der Waals surface area contributed by atoms with Crippen LogP contribution in [0, 0.1) is 10.1 Å². The van der Waals surface area contributed by atoms with Crippen molar-refractivity contribution >= 4 is 46.7 Å². The average Bonchev–Trinajstić information content (AvgIpc) is 2.71. The molecule has 0 aliphatic carbocycles. The number of hydrogen-bond acceptors (Lipinski definition) is 6. The molecule has 2 aromatic carbocycles. The number of halogens is 3. The summed E-state index contributed by atoms with van der Waals surface area (Å²) in [5.74, 6) is -1.22. The van der Waals surface area contributed by atoms with Crippen LogP contribution < -0.4 is 5.32 Å². The number of thioether (sulfide) groups is 2. The first-order chi connectivity index (χ1) is 14.5. The van der Waals surface area contributed by atoms with Crippen LogP contribution in [0.5, 0.6) is 0 Å². The lowest BCUT2D eigenvalue weighted by Gasteiger charge is -2.17. The van der Waals surface area contributed by atoms with Gasteiger partial charge in [0.05, 0.1) is 33.4 Å². The Morgan fingerprint density at radius 1 is 1.16 bits per heavy atom. The molecule has 0 spiro atoms. The molecule has 12 heteroatoms. The van der Waals surface area contributed by atoms with Gasteiger partial charge in [0.1, 0.15) is 0 Å². The van der Waals surface area contributed by atoms with E-state index in [0.717, 1.165) is 33.7 Å². The lowest BCUT2D eigenvalue weighted by molar-refractivity contribution is -0.388. The summed E-state index contributed by atoms with van der Waals surface area (Å²) in [5, 5.41) is 13.8. The van der Waals surface area contributed by atoms with Gasteiger partial charge in [0.2, 0.25) is 11.8 Å². The van der Waals surface area contributed by atoms with Crippen molar-refractivity contribution in [3.05, 3.63) is 58.1 Å². The van der Waals surface area contributed by atoms with E-state index in [-0.39, 0.29) is 17.2 Å². The minimum atomic E-state index is -4.72. The van der Waals surface area contributed by atoms with Crippen molar-refractivity contribution in [1.29, 1.82) is 0 Å². The standard InChI is InChI=1S/C19H18F3N3O4S2/c1-24(10-17(26)23-13-5-3-4-6-15(13)30-2)18(27)11-31-16-8-7-12(19(20,21)22)9-14(16)25(28)29/h3-9H,10-11H2,1-2H3,(H,23,26). The zero-order valence-corrected chi connectivity index (χ0v) is 18.1. The van der Waals surface area contributed by atoms with E-state index in [2.05, 4.69) is 5.32 Å². The molecule has 2 rings (SSSR count). The minimum absolute atomic E-state index is 0.0712. The molecule has 0 unspecified atom stereocenters. The number of rotatable bonds is 8. The van der Waals surface area contributed by atoms with Gasteiger partial charge in [0.15, 0.2) is 0 Å². The van der Waals surface area contributed by atoms with E-state index in [1.54, 1.807) is 12.1 Å². The summed E-state index contributed by atoms with van der Waals surface area (Å²) in [7, 11) is 1.39. The normalized spacial score (nSPS) is 11.1. The molecule has 1 N–H and O–H groups in total. The highest BCUT2D eigenvalue weighted by molar-refractivity contribution is 8.00. The molecule has 31 heavy (non-hydrogen) atoms. The highest BCUT2D eigenvalue weighted by Gasteiger charge is 2.33. The van der Waals surface area contributed by atoms with Crippen LogP contribution in [-0.4, -0.2) is 47.2 Å². The number of benzene rings is 2. The number of carbonyl (C=O) groups is 2. The van der Waals surface area contributed by atoms with Crippen LogP contribution in [0.1, 0.15) is 5.56 Å². The Kier molecular flexibility index (Phi) is 8.34. The van der Waals surface area contributed by atoms with E-state index in [4.69, 9.17) is 0 Å². The second kappa shape index (κ2) is 10.5. The average molecular weight is 473 g/mol. The van der Waals surface area contributed by atoms with Crippen LogP contribution in [0.2, 0.25) is 0 Å². The first kappa shape index (κ1) is 24.5. The van der Waals surface area contributed by atoms with E-state index >= 15 is 0 Å². The zero-order valence-electron chi connectivity index (χ0n) is 16.4. The number of amides is 2. The van der Waals surface area contributed by atoms with Crippen molar-refractivity contribution in [3.8, 4) is 0 Å². The monoisotopic (exact) mass is 473 g/mol. The number of para-hydroxylation sites is 1. The fourth-order valence-corrected chi connectivity index (χ4v) is 3.95. The van der Waals surface area contributed by atoms with Gasteiger partial charge in [-0.3, -0.25) is 19.7 Å². The highest BCUT2D eigenvalue weighted by atomic mass is 32.2. The van der Waals surface area contributed by atoms with Crippen LogP contribution in [0.15, 0.2) is 52.3 Å². The van der Waals surface area contributed by atoms with Gasteiger partial charge in [-0.2, -0.15) is 13.2 Å². The van der Waals surface area contributed by atoms with Gasteiger partial charge in [0, 0.05) is 18.0 Å². The van der Waals surface area contributed by atoms with Crippen molar-refractivity contribution in [1.82, 2.24) is 4.90 Å². The number of nitro benzene ring substituents is 1. The molecular weight excluding hydrogens is 455 g/mol. The third-order valence-corrected chi connectivity index (χ3v) is 5.87. The molecule has 0 aliphatic rings. The molecule has 0 heterocycles. The van der Waals surface area contributed by atoms with Gasteiger partial charge in [-0.25, -0.2) is 0 Å². The lowest BCUT2D eigenvalue weighted by Crippen LogP contribution is -2.36. The molecule has 0 saturated heterocycles. The summed E-state index contributed by atoms with van der Waals surface area (Å²) in [6.45, 7) is -0.253. The molecule has 0 radical (unpaired) electrons. The maximum Gasteiger partial charge on any atom is 0.416 e. The number of alkyl halides is 3. The third kappa shape index (κ3) is 6.89. The van der Waals surface area contributed by atoms with Crippen molar-refractivity contribution in [2.24, 2.45) is 0 Å². The number of anilines is 1. The number of hydrogen-bond donors (Lipinski definition) is 1. The fourth-order valence-electron chi connectivity index (χ4n) is 2.45. The second-order valence-corrected chi connectivity index (χ2v) is 8.09. The molecule has 0 aliphatic heterocycles. The number of nitrogens with one attached hydrogen (secondary N) is 1. The molecule has 0 bridgehead atoms. The van der Waals surface area contributed by atoms with Gasteiger partial charge in [0.25, 0.3) is 5.69 Å². The molecule has 0 saturated carbocycles. The van der Waals surface area contributed by atoms with Crippen LogP contribution in [0.25, 0.3) is 0 Å². The van der Waals surface area contributed by atoms with Gasteiger partial charge in [-0.05, 0) is 30.5 Å². The highest BCUT2D eigenvalue weighted by Crippen LogP contribution is 2.36. The number of nitrogens with zero attached hydrogens (tertiary/aromatic N) is 2. The van der Waals surface area contributed by atoms with Crippen LogP contribution in [0.4, 0.5) is 24.5 Å². The summed E-state index contributed by atoms with van der Waals surface area (Å²) in [4.78, 5) is 36.7. The summed E-state index contributed by atoms with van der Waals surface area (Å²) in [6, 6.07) is 9.28. The van der Waals surface area contributed by atoms with E-state index in [0.29, 0.717) is 11.8 Å². The van der Waals surface area contributed by atoms with Crippen molar-refractivity contribution in [2.75, 3.05) is 30.9 Å². The first-order valence-corrected chi connectivity index (χ1v) is 10.9. The van der Waals surface area contributed by atoms with Gasteiger partial charge < -0.3 is 10.2 Å². The Labute approximate surface area is 184 Å². The van der Waals surface area contributed by atoms with E-state index in [1.165, 1.54) is 18.8 Å². The Bertz CT molecular complexity index is 986. The summed E-state index contributed by atoms with van der Waals surface area (Å²) in [5.41, 5.74) is -1.27. The van der Waals surface area contributed by atoms with Gasteiger partial charge in [-0.15, -0.1) is 23.5 Å². The predicted octanol–water partition coefficient (Wildman–Crippen LogP) is 4.52. The maximum absolute atomic E-state index is 12.8.